The lowest BCUT2D eigenvalue weighted by molar-refractivity contribution is -0.139. The van der Waals surface area contributed by atoms with Crippen LogP contribution in [-0.2, 0) is 9.59 Å². The van der Waals surface area contributed by atoms with E-state index in [0.29, 0.717) is 18.7 Å². The molecule has 0 aliphatic carbocycles. The van der Waals surface area contributed by atoms with Crippen LogP contribution in [0.25, 0.3) is 0 Å². The minimum atomic E-state index is -1.02. The summed E-state index contributed by atoms with van der Waals surface area (Å²) in [6.45, 7) is 1.99. The molecule has 0 bridgehead atoms. The average molecular weight is 365 g/mol. The number of para-hydroxylation sites is 1. The van der Waals surface area contributed by atoms with E-state index >= 15 is 0 Å². The van der Waals surface area contributed by atoms with Crippen molar-refractivity contribution in [3.63, 3.8) is 0 Å². The fourth-order valence-corrected chi connectivity index (χ4v) is 2.39. The zero-order valence-corrected chi connectivity index (χ0v) is 15.4. The summed E-state index contributed by atoms with van der Waals surface area (Å²) in [7, 11) is 0. The van der Waals surface area contributed by atoms with Crippen LogP contribution in [0.4, 0.5) is 5.69 Å². The van der Waals surface area contributed by atoms with Crippen molar-refractivity contribution in [1.29, 1.82) is 0 Å². The molecule has 0 aliphatic heterocycles. The molecular formula is C22H23NO4. The first-order valence-corrected chi connectivity index (χ1v) is 8.89. The number of anilines is 1. The Labute approximate surface area is 159 Å². The van der Waals surface area contributed by atoms with Gasteiger partial charge in [-0.25, -0.2) is 4.79 Å². The van der Waals surface area contributed by atoms with Crippen LogP contribution < -0.4 is 9.64 Å². The second-order valence-corrected chi connectivity index (χ2v) is 5.93. The third-order valence-corrected chi connectivity index (χ3v) is 3.80. The molecule has 1 amide bonds. The Hall–Kier alpha value is -3.26. The molecule has 0 aliphatic rings. The Morgan fingerprint density at radius 1 is 1.07 bits per heavy atom. The van der Waals surface area contributed by atoms with Crippen LogP contribution in [0.3, 0.4) is 0 Å². The van der Waals surface area contributed by atoms with Crippen molar-refractivity contribution in [1.82, 2.24) is 0 Å². The SMILES string of the molecule is CCCCC(=O)N(CC#Cc1ccc(OCC(=O)O)cc1)c1ccccc1. The zero-order valence-electron chi connectivity index (χ0n) is 15.4. The summed E-state index contributed by atoms with van der Waals surface area (Å²) in [5.41, 5.74) is 1.61. The number of carboxylic acids is 1. The van der Waals surface area contributed by atoms with Crippen molar-refractivity contribution in [2.45, 2.75) is 26.2 Å². The number of carbonyl (C=O) groups excluding carboxylic acids is 1. The molecule has 5 nitrogen and oxygen atoms in total. The van der Waals surface area contributed by atoms with E-state index in [1.807, 2.05) is 30.3 Å². The third kappa shape index (κ3) is 6.87. The zero-order chi connectivity index (χ0) is 19.5. The van der Waals surface area contributed by atoms with Crippen LogP contribution >= 0.6 is 0 Å². The van der Waals surface area contributed by atoms with E-state index in [4.69, 9.17) is 9.84 Å². The number of carbonyl (C=O) groups is 2. The Bertz CT molecular complexity index is 804. The van der Waals surface area contributed by atoms with E-state index in [-0.39, 0.29) is 12.5 Å². The van der Waals surface area contributed by atoms with Gasteiger partial charge in [-0.3, -0.25) is 4.79 Å². The monoisotopic (exact) mass is 365 g/mol. The number of amides is 1. The van der Waals surface area contributed by atoms with Gasteiger partial charge in [-0.2, -0.15) is 0 Å². The van der Waals surface area contributed by atoms with Crippen LogP contribution in [-0.4, -0.2) is 30.1 Å². The Balaban J connectivity index is 2.04. The lowest BCUT2D eigenvalue weighted by Gasteiger charge is -2.20. The normalized spacial score (nSPS) is 9.81. The highest BCUT2D eigenvalue weighted by Gasteiger charge is 2.13. The van der Waals surface area contributed by atoms with Crippen LogP contribution in [0.2, 0.25) is 0 Å². The number of nitrogens with zero attached hydrogens (tertiary/aromatic N) is 1. The van der Waals surface area contributed by atoms with Crippen molar-refractivity contribution in [3.05, 3.63) is 60.2 Å². The van der Waals surface area contributed by atoms with Gasteiger partial charge in [0.25, 0.3) is 0 Å². The van der Waals surface area contributed by atoms with E-state index in [9.17, 15) is 9.59 Å². The second-order valence-electron chi connectivity index (χ2n) is 5.93. The van der Waals surface area contributed by atoms with Gasteiger partial charge in [0.1, 0.15) is 5.75 Å². The lowest BCUT2D eigenvalue weighted by Crippen LogP contribution is -2.31. The maximum absolute atomic E-state index is 12.5. The molecule has 0 spiro atoms. The summed E-state index contributed by atoms with van der Waals surface area (Å²) < 4.78 is 5.09. The summed E-state index contributed by atoms with van der Waals surface area (Å²) in [4.78, 5) is 24.7. The van der Waals surface area contributed by atoms with E-state index in [1.54, 1.807) is 29.2 Å². The van der Waals surface area contributed by atoms with Crippen LogP contribution in [0, 0.1) is 11.8 Å². The topological polar surface area (TPSA) is 66.8 Å². The van der Waals surface area contributed by atoms with Crippen molar-refractivity contribution in [2.75, 3.05) is 18.1 Å². The number of hydrogen-bond acceptors (Lipinski definition) is 3. The fraction of sp³-hybridized carbons (Fsp3) is 0.273. The molecule has 0 aromatic heterocycles. The molecule has 140 valence electrons. The Morgan fingerprint density at radius 2 is 1.78 bits per heavy atom. The molecule has 1 N–H and O–H groups in total. The highest BCUT2D eigenvalue weighted by Crippen LogP contribution is 2.15. The Morgan fingerprint density at radius 3 is 2.41 bits per heavy atom. The van der Waals surface area contributed by atoms with Gasteiger partial charge in [-0.05, 0) is 42.8 Å². The molecule has 27 heavy (non-hydrogen) atoms. The van der Waals surface area contributed by atoms with E-state index in [0.717, 1.165) is 24.1 Å². The minimum Gasteiger partial charge on any atom is -0.482 e. The highest BCUT2D eigenvalue weighted by molar-refractivity contribution is 5.93. The first-order valence-electron chi connectivity index (χ1n) is 8.89. The predicted octanol–water partition coefficient (Wildman–Crippen LogP) is 3.72. The number of rotatable bonds is 8. The van der Waals surface area contributed by atoms with Gasteiger partial charge in [0.05, 0.1) is 6.54 Å². The van der Waals surface area contributed by atoms with Gasteiger partial charge in [0, 0.05) is 17.7 Å². The molecule has 0 atom stereocenters. The van der Waals surface area contributed by atoms with Gasteiger partial charge in [0.15, 0.2) is 6.61 Å². The molecule has 0 unspecified atom stereocenters. The second kappa shape index (κ2) is 10.7. The molecule has 5 heteroatoms. The molecule has 0 saturated carbocycles. The number of unbranched alkanes of at least 4 members (excludes halogenated alkanes) is 1. The summed E-state index contributed by atoms with van der Waals surface area (Å²) in [6, 6.07) is 16.4. The number of ether oxygens (including phenoxy) is 1. The third-order valence-electron chi connectivity index (χ3n) is 3.80. The van der Waals surface area contributed by atoms with E-state index < -0.39 is 5.97 Å². The molecule has 0 fully saturated rings. The van der Waals surface area contributed by atoms with Crippen molar-refractivity contribution >= 4 is 17.6 Å². The number of carboxylic acid groups (broad SMARTS) is 1. The largest absolute Gasteiger partial charge is 0.482 e. The number of aliphatic carboxylic acids is 1. The van der Waals surface area contributed by atoms with E-state index in [2.05, 4.69) is 18.8 Å². The van der Waals surface area contributed by atoms with Gasteiger partial charge < -0.3 is 14.7 Å². The minimum absolute atomic E-state index is 0.0646. The van der Waals surface area contributed by atoms with E-state index in [1.165, 1.54) is 0 Å². The highest BCUT2D eigenvalue weighted by atomic mass is 16.5. The molecule has 2 aromatic rings. The van der Waals surface area contributed by atoms with Crippen molar-refractivity contribution < 1.29 is 19.4 Å². The van der Waals surface area contributed by atoms with Crippen molar-refractivity contribution in [3.8, 4) is 17.6 Å². The van der Waals surface area contributed by atoms with Crippen molar-refractivity contribution in [2.24, 2.45) is 0 Å². The maximum atomic E-state index is 12.5. The standard InChI is InChI=1S/C22H23NO4/c1-2-3-11-21(24)23(19-9-5-4-6-10-19)16-7-8-18-12-14-20(15-13-18)27-17-22(25)26/h4-6,9-10,12-15H,2-3,11,16-17H2,1H3,(H,25,26). The van der Waals surface area contributed by atoms with Gasteiger partial charge in [0.2, 0.25) is 5.91 Å². The molecule has 2 rings (SSSR count). The maximum Gasteiger partial charge on any atom is 0.341 e. The summed E-state index contributed by atoms with van der Waals surface area (Å²) >= 11 is 0. The molecule has 2 aromatic carbocycles. The molecular weight excluding hydrogens is 342 g/mol. The van der Waals surface area contributed by atoms with Crippen LogP contribution in [0.5, 0.6) is 5.75 Å². The molecule has 0 heterocycles. The average Bonchev–Trinajstić information content (AvgIpc) is 2.69. The predicted molar refractivity (Wildman–Crippen MR) is 105 cm³/mol. The summed E-state index contributed by atoms with van der Waals surface area (Å²) in [6.07, 6.45) is 2.33. The quantitative estimate of drug-likeness (QED) is 0.724. The van der Waals surface area contributed by atoms with Crippen LogP contribution in [0.15, 0.2) is 54.6 Å². The smallest absolute Gasteiger partial charge is 0.341 e. The summed E-state index contributed by atoms with van der Waals surface area (Å²) in [5, 5.41) is 8.61. The van der Waals surface area contributed by atoms with Gasteiger partial charge >= 0.3 is 5.97 Å². The first-order chi connectivity index (χ1) is 13.1. The molecule has 0 saturated heterocycles. The van der Waals surface area contributed by atoms with Crippen LogP contribution in [0.1, 0.15) is 31.7 Å². The van der Waals surface area contributed by atoms with Gasteiger partial charge in [-0.15, -0.1) is 0 Å². The Kier molecular flexibility index (Phi) is 7.92. The fourth-order valence-electron chi connectivity index (χ4n) is 2.39. The first kappa shape index (κ1) is 20.1. The number of hydrogen-bond donors (Lipinski definition) is 1. The lowest BCUT2D eigenvalue weighted by atomic mass is 10.2. The number of benzene rings is 2. The summed E-state index contributed by atoms with van der Waals surface area (Å²) in [5.74, 6) is 5.60. The molecule has 0 radical (unpaired) electrons. The van der Waals surface area contributed by atoms with Gasteiger partial charge in [-0.1, -0.05) is 43.4 Å².